The van der Waals surface area contributed by atoms with Gasteiger partial charge in [-0.25, -0.2) is 4.98 Å². The fourth-order valence-corrected chi connectivity index (χ4v) is 1.98. The van der Waals surface area contributed by atoms with Crippen LogP contribution in [-0.2, 0) is 0 Å². The van der Waals surface area contributed by atoms with Crippen molar-refractivity contribution in [2.75, 3.05) is 5.73 Å². The van der Waals surface area contributed by atoms with E-state index in [1.807, 2.05) is 40.9 Å². The molecular weight excluding hydrogens is 234 g/mol. The lowest BCUT2D eigenvalue weighted by Gasteiger charge is -2.04. The molecule has 0 aliphatic rings. The predicted molar refractivity (Wildman–Crippen MR) is 70.1 cm³/mol. The molecule has 3 aromatic rings. The van der Waals surface area contributed by atoms with Crippen molar-refractivity contribution in [2.24, 2.45) is 0 Å². The van der Waals surface area contributed by atoms with E-state index in [2.05, 4.69) is 4.98 Å². The number of hydrogen-bond acceptors (Lipinski definition) is 2. The average Bonchev–Trinajstić information content (AvgIpc) is 2.74. The molecule has 0 unspecified atom stereocenters. The number of halogens is 1. The van der Waals surface area contributed by atoms with Gasteiger partial charge in [-0.1, -0.05) is 41.9 Å². The molecule has 4 heteroatoms. The summed E-state index contributed by atoms with van der Waals surface area (Å²) in [7, 11) is 0. The molecule has 3 rings (SSSR count). The van der Waals surface area contributed by atoms with E-state index in [4.69, 9.17) is 17.3 Å². The zero-order chi connectivity index (χ0) is 11.8. The number of hydrogen-bond donors (Lipinski definition) is 1. The van der Waals surface area contributed by atoms with Crippen LogP contribution in [0.25, 0.3) is 16.9 Å². The Morgan fingerprint density at radius 3 is 2.71 bits per heavy atom. The molecule has 1 aromatic carbocycles. The topological polar surface area (TPSA) is 43.3 Å². The maximum atomic E-state index is 5.96. The van der Waals surface area contributed by atoms with Crippen LogP contribution >= 0.6 is 11.6 Å². The largest absolute Gasteiger partial charge is 0.396 e. The van der Waals surface area contributed by atoms with Crippen molar-refractivity contribution < 1.29 is 0 Å². The average molecular weight is 244 g/mol. The standard InChI is InChI=1S/C13H10ClN3/c14-10-6-13-16-7-12(17(13)8-11(10)15)9-4-2-1-3-5-9/h1-8H,15H2. The molecule has 0 spiro atoms. The van der Waals surface area contributed by atoms with E-state index in [1.54, 1.807) is 12.3 Å². The Hall–Kier alpha value is -2.00. The van der Waals surface area contributed by atoms with Gasteiger partial charge in [0, 0.05) is 17.8 Å². The number of rotatable bonds is 1. The molecule has 0 saturated heterocycles. The number of imidazole rings is 1. The summed E-state index contributed by atoms with van der Waals surface area (Å²) in [6.45, 7) is 0. The van der Waals surface area contributed by atoms with Crippen LogP contribution in [0.1, 0.15) is 0 Å². The fourth-order valence-electron chi connectivity index (χ4n) is 1.84. The first-order chi connectivity index (χ1) is 8.25. The second-order valence-corrected chi connectivity index (χ2v) is 4.22. The molecule has 0 aliphatic carbocycles. The van der Waals surface area contributed by atoms with Crippen LogP contribution < -0.4 is 5.73 Å². The molecule has 0 saturated carbocycles. The molecule has 2 heterocycles. The number of anilines is 1. The molecule has 17 heavy (non-hydrogen) atoms. The van der Waals surface area contributed by atoms with Crippen molar-refractivity contribution in [1.82, 2.24) is 9.38 Å². The maximum Gasteiger partial charge on any atom is 0.138 e. The van der Waals surface area contributed by atoms with Crippen LogP contribution in [0.3, 0.4) is 0 Å². The number of fused-ring (bicyclic) bond motifs is 1. The number of pyridine rings is 1. The molecule has 0 aliphatic heterocycles. The quantitative estimate of drug-likeness (QED) is 0.713. The third-order valence-electron chi connectivity index (χ3n) is 2.69. The SMILES string of the molecule is Nc1cn2c(-c3ccccc3)cnc2cc1Cl. The Kier molecular flexibility index (Phi) is 2.27. The van der Waals surface area contributed by atoms with E-state index in [0.29, 0.717) is 10.7 Å². The first-order valence-electron chi connectivity index (χ1n) is 5.23. The van der Waals surface area contributed by atoms with E-state index >= 15 is 0 Å². The van der Waals surface area contributed by atoms with Crippen molar-refractivity contribution in [1.29, 1.82) is 0 Å². The Labute approximate surface area is 103 Å². The van der Waals surface area contributed by atoms with Gasteiger partial charge in [0.25, 0.3) is 0 Å². The van der Waals surface area contributed by atoms with Gasteiger partial charge in [0.15, 0.2) is 0 Å². The van der Waals surface area contributed by atoms with Gasteiger partial charge in [-0.05, 0) is 0 Å². The van der Waals surface area contributed by atoms with Gasteiger partial charge < -0.3 is 5.73 Å². The number of nitrogens with two attached hydrogens (primary N) is 1. The summed E-state index contributed by atoms with van der Waals surface area (Å²) in [5, 5.41) is 0.530. The highest BCUT2D eigenvalue weighted by Crippen LogP contribution is 2.25. The third kappa shape index (κ3) is 1.65. The molecule has 2 N–H and O–H groups in total. The molecule has 0 fully saturated rings. The van der Waals surface area contributed by atoms with Gasteiger partial charge in [0.05, 0.1) is 22.6 Å². The summed E-state index contributed by atoms with van der Waals surface area (Å²) in [6.07, 6.45) is 3.62. The minimum atomic E-state index is 0.530. The van der Waals surface area contributed by atoms with Crippen molar-refractivity contribution in [3.05, 3.63) is 53.8 Å². The van der Waals surface area contributed by atoms with Crippen molar-refractivity contribution in [3.63, 3.8) is 0 Å². The monoisotopic (exact) mass is 243 g/mol. The summed E-state index contributed by atoms with van der Waals surface area (Å²) in [6, 6.07) is 11.8. The van der Waals surface area contributed by atoms with Crippen LogP contribution in [0.15, 0.2) is 48.8 Å². The summed E-state index contributed by atoms with van der Waals surface area (Å²) in [4.78, 5) is 4.32. The van der Waals surface area contributed by atoms with E-state index in [9.17, 15) is 0 Å². The zero-order valence-corrected chi connectivity index (χ0v) is 9.72. The minimum Gasteiger partial charge on any atom is -0.396 e. The summed E-state index contributed by atoms with van der Waals surface area (Å²) >= 11 is 5.96. The Balaban J connectivity index is 2.29. The van der Waals surface area contributed by atoms with E-state index in [-0.39, 0.29) is 0 Å². The predicted octanol–water partition coefficient (Wildman–Crippen LogP) is 3.24. The van der Waals surface area contributed by atoms with Crippen LogP contribution in [0.4, 0.5) is 5.69 Å². The number of benzene rings is 1. The van der Waals surface area contributed by atoms with Gasteiger partial charge in [0.1, 0.15) is 5.65 Å². The molecule has 3 nitrogen and oxygen atoms in total. The van der Waals surface area contributed by atoms with Gasteiger partial charge in [-0.2, -0.15) is 0 Å². The number of aromatic nitrogens is 2. The first-order valence-corrected chi connectivity index (χ1v) is 5.61. The smallest absolute Gasteiger partial charge is 0.138 e. The number of nitrogens with zero attached hydrogens (tertiary/aromatic N) is 2. The van der Waals surface area contributed by atoms with Crippen LogP contribution in [0, 0.1) is 0 Å². The first kappa shape index (κ1) is 10.2. The highest BCUT2D eigenvalue weighted by molar-refractivity contribution is 6.33. The van der Waals surface area contributed by atoms with Gasteiger partial charge in [0.2, 0.25) is 0 Å². The Morgan fingerprint density at radius 2 is 1.94 bits per heavy atom. The van der Waals surface area contributed by atoms with E-state index in [1.165, 1.54) is 0 Å². The summed E-state index contributed by atoms with van der Waals surface area (Å²) in [5.74, 6) is 0. The molecule has 0 atom stereocenters. The molecule has 84 valence electrons. The lowest BCUT2D eigenvalue weighted by Crippen LogP contribution is -1.93. The lowest BCUT2D eigenvalue weighted by molar-refractivity contribution is 1.19. The van der Waals surface area contributed by atoms with Gasteiger partial charge in [-0.15, -0.1) is 0 Å². The maximum absolute atomic E-state index is 5.96. The normalized spacial score (nSPS) is 10.9. The highest BCUT2D eigenvalue weighted by atomic mass is 35.5. The third-order valence-corrected chi connectivity index (χ3v) is 3.02. The minimum absolute atomic E-state index is 0.530. The number of nitrogen functional groups attached to an aromatic ring is 1. The summed E-state index contributed by atoms with van der Waals surface area (Å²) in [5.41, 5.74) is 9.26. The summed E-state index contributed by atoms with van der Waals surface area (Å²) < 4.78 is 1.94. The zero-order valence-electron chi connectivity index (χ0n) is 8.97. The Bertz CT molecular complexity index is 674. The second kappa shape index (κ2) is 3.79. The molecule has 0 bridgehead atoms. The van der Waals surface area contributed by atoms with E-state index in [0.717, 1.165) is 16.9 Å². The van der Waals surface area contributed by atoms with Crippen molar-refractivity contribution >= 4 is 22.9 Å². The fraction of sp³-hybridized carbons (Fsp3) is 0. The van der Waals surface area contributed by atoms with Gasteiger partial charge in [-0.3, -0.25) is 4.40 Å². The molecule has 0 amide bonds. The van der Waals surface area contributed by atoms with Crippen LogP contribution in [0.2, 0.25) is 5.02 Å². The lowest BCUT2D eigenvalue weighted by atomic mass is 10.2. The van der Waals surface area contributed by atoms with Gasteiger partial charge >= 0.3 is 0 Å². The van der Waals surface area contributed by atoms with Crippen molar-refractivity contribution in [2.45, 2.75) is 0 Å². The molecular formula is C13H10ClN3. The van der Waals surface area contributed by atoms with E-state index < -0.39 is 0 Å². The Morgan fingerprint density at radius 1 is 1.18 bits per heavy atom. The van der Waals surface area contributed by atoms with Crippen LogP contribution in [-0.4, -0.2) is 9.38 Å². The molecule has 0 radical (unpaired) electrons. The highest BCUT2D eigenvalue weighted by Gasteiger charge is 2.07. The van der Waals surface area contributed by atoms with Crippen molar-refractivity contribution in [3.8, 4) is 11.3 Å². The molecule has 2 aromatic heterocycles. The van der Waals surface area contributed by atoms with Crippen LogP contribution in [0.5, 0.6) is 0 Å². The second-order valence-electron chi connectivity index (χ2n) is 3.81.